The third kappa shape index (κ3) is 7.28. The number of amides is 3. The Bertz CT molecular complexity index is 786. The summed E-state index contributed by atoms with van der Waals surface area (Å²) in [5, 5.41) is 8.46. The van der Waals surface area contributed by atoms with Crippen LogP contribution in [-0.4, -0.2) is 50.3 Å². The third-order valence-electron chi connectivity index (χ3n) is 5.33. The van der Waals surface area contributed by atoms with Gasteiger partial charge in [0.05, 0.1) is 4.90 Å². The van der Waals surface area contributed by atoms with Crippen LogP contribution in [-0.2, 0) is 21.4 Å². The van der Waals surface area contributed by atoms with Gasteiger partial charge in [-0.15, -0.1) is 0 Å². The Morgan fingerprint density at radius 3 is 2.23 bits per heavy atom. The average molecular weight is 439 g/mol. The molecule has 9 heteroatoms. The van der Waals surface area contributed by atoms with Gasteiger partial charge < -0.3 is 16.0 Å². The third-order valence-corrected chi connectivity index (χ3v) is 7.40. The molecule has 0 atom stereocenters. The van der Waals surface area contributed by atoms with E-state index in [2.05, 4.69) is 16.0 Å². The first kappa shape index (κ1) is 24.1. The van der Waals surface area contributed by atoms with E-state index in [4.69, 9.17) is 0 Å². The number of nitrogens with one attached hydrogen (secondary N) is 3. The second-order valence-electron chi connectivity index (χ2n) is 7.50. The molecule has 1 saturated carbocycles. The summed E-state index contributed by atoms with van der Waals surface area (Å²) in [6.07, 6.45) is 5.75. The summed E-state index contributed by atoms with van der Waals surface area (Å²) in [5.74, 6) is -0.173. The van der Waals surface area contributed by atoms with Crippen molar-refractivity contribution >= 4 is 22.0 Å². The Labute approximate surface area is 179 Å². The van der Waals surface area contributed by atoms with E-state index in [-0.39, 0.29) is 35.8 Å². The summed E-state index contributed by atoms with van der Waals surface area (Å²) in [6, 6.07) is 6.54. The SMILES string of the molecule is CCN(CC)S(=O)(=O)c1ccc(CNC(=O)CCNC(=O)NC2CCCCC2)cc1. The van der Waals surface area contributed by atoms with Crippen molar-refractivity contribution in [2.45, 2.75) is 69.9 Å². The quantitative estimate of drug-likeness (QED) is 0.521. The van der Waals surface area contributed by atoms with Crippen LogP contribution in [0.25, 0.3) is 0 Å². The first-order valence-electron chi connectivity index (χ1n) is 10.8. The fourth-order valence-electron chi connectivity index (χ4n) is 3.55. The van der Waals surface area contributed by atoms with Gasteiger partial charge in [-0.2, -0.15) is 4.31 Å². The molecular weight excluding hydrogens is 404 g/mol. The van der Waals surface area contributed by atoms with Crippen LogP contribution in [0.2, 0.25) is 0 Å². The summed E-state index contributed by atoms with van der Waals surface area (Å²) < 4.78 is 26.4. The number of carbonyl (C=O) groups is 2. The Kier molecular flexibility index (Phi) is 9.58. The summed E-state index contributed by atoms with van der Waals surface area (Å²) >= 11 is 0. The Morgan fingerprint density at radius 1 is 1.00 bits per heavy atom. The molecule has 1 aromatic rings. The van der Waals surface area contributed by atoms with Crippen molar-refractivity contribution < 1.29 is 18.0 Å². The van der Waals surface area contributed by atoms with Gasteiger partial charge in [0.15, 0.2) is 0 Å². The lowest BCUT2D eigenvalue weighted by atomic mass is 9.96. The fraction of sp³-hybridized carbons (Fsp3) is 0.619. The zero-order valence-corrected chi connectivity index (χ0v) is 18.8. The molecule has 8 nitrogen and oxygen atoms in total. The molecule has 2 rings (SSSR count). The van der Waals surface area contributed by atoms with E-state index in [1.165, 1.54) is 10.7 Å². The average Bonchev–Trinajstić information content (AvgIpc) is 2.74. The number of nitrogens with zero attached hydrogens (tertiary/aromatic N) is 1. The topological polar surface area (TPSA) is 108 Å². The maximum atomic E-state index is 12.5. The Morgan fingerprint density at radius 2 is 1.63 bits per heavy atom. The molecule has 0 spiro atoms. The standard InChI is InChI=1S/C21H34N4O4S/c1-3-25(4-2)30(28,29)19-12-10-17(11-13-19)16-23-20(26)14-15-22-21(27)24-18-8-6-5-7-9-18/h10-13,18H,3-9,14-16H2,1-2H3,(H,23,26)(H2,22,24,27). The first-order chi connectivity index (χ1) is 14.4. The number of urea groups is 1. The van der Waals surface area contributed by atoms with Crippen LogP contribution in [0.3, 0.4) is 0 Å². The maximum absolute atomic E-state index is 12.5. The van der Waals surface area contributed by atoms with E-state index in [0.29, 0.717) is 19.6 Å². The molecule has 0 saturated heterocycles. The molecule has 3 amide bonds. The van der Waals surface area contributed by atoms with E-state index >= 15 is 0 Å². The van der Waals surface area contributed by atoms with Gasteiger partial charge in [-0.3, -0.25) is 4.79 Å². The predicted octanol–water partition coefficient (Wildman–Crippen LogP) is 2.36. The normalized spacial score (nSPS) is 15.0. The van der Waals surface area contributed by atoms with E-state index in [1.54, 1.807) is 38.1 Å². The van der Waals surface area contributed by atoms with Crippen molar-refractivity contribution in [2.24, 2.45) is 0 Å². The van der Waals surface area contributed by atoms with Gasteiger partial charge in [0.1, 0.15) is 0 Å². The van der Waals surface area contributed by atoms with E-state index in [9.17, 15) is 18.0 Å². The number of carbonyl (C=O) groups excluding carboxylic acids is 2. The number of rotatable bonds is 10. The molecule has 0 radical (unpaired) electrons. The van der Waals surface area contributed by atoms with Gasteiger partial charge in [0.25, 0.3) is 0 Å². The van der Waals surface area contributed by atoms with E-state index in [1.807, 2.05) is 0 Å². The molecule has 1 aliphatic rings. The molecule has 0 aromatic heterocycles. The van der Waals surface area contributed by atoms with Gasteiger partial charge in [-0.25, -0.2) is 13.2 Å². The highest BCUT2D eigenvalue weighted by molar-refractivity contribution is 7.89. The highest BCUT2D eigenvalue weighted by Gasteiger charge is 2.21. The van der Waals surface area contributed by atoms with Crippen molar-refractivity contribution in [3.8, 4) is 0 Å². The monoisotopic (exact) mass is 438 g/mol. The lowest BCUT2D eigenvalue weighted by Gasteiger charge is -2.22. The Balaban J connectivity index is 1.71. The lowest BCUT2D eigenvalue weighted by molar-refractivity contribution is -0.121. The van der Waals surface area contributed by atoms with Crippen LogP contribution in [0, 0.1) is 0 Å². The molecule has 0 bridgehead atoms. The smallest absolute Gasteiger partial charge is 0.315 e. The van der Waals surface area contributed by atoms with Gasteiger partial charge >= 0.3 is 6.03 Å². The summed E-state index contributed by atoms with van der Waals surface area (Å²) in [4.78, 5) is 24.1. The first-order valence-corrected chi connectivity index (χ1v) is 12.2. The second kappa shape index (κ2) is 11.9. The molecular formula is C21H34N4O4S. The van der Waals surface area contributed by atoms with E-state index < -0.39 is 10.0 Å². The zero-order valence-electron chi connectivity index (χ0n) is 17.9. The van der Waals surface area contributed by atoms with Crippen molar-refractivity contribution in [3.05, 3.63) is 29.8 Å². The molecule has 1 aromatic carbocycles. The van der Waals surface area contributed by atoms with Crippen LogP contribution >= 0.6 is 0 Å². The lowest BCUT2D eigenvalue weighted by Crippen LogP contribution is -2.43. The molecule has 0 heterocycles. The molecule has 1 aliphatic carbocycles. The minimum absolute atomic E-state index is 0.173. The summed E-state index contributed by atoms with van der Waals surface area (Å²) in [7, 11) is -3.48. The second-order valence-corrected chi connectivity index (χ2v) is 9.43. The zero-order chi connectivity index (χ0) is 22.0. The highest BCUT2D eigenvalue weighted by atomic mass is 32.2. The molecule has 1 fully saturated rings. The largest absolute Gasteiger partial charge is 0.352 e. The van der Waals surface area contributed by atoms with Crippen molar-refractivity contribution in [2.75, 3.05) is 19.6 Å². The minimum atomic E-state index is -3.48. The highest BCUT2D eigenvalue weighted by Crippen LogP contribution is 2.17. The van der Waals surface area contributed by atoms with Gasteiger partial charge in [-0.05, 0) is 30.5 Å². The predicted molar refractivity (Wildman–Crippen MR) is 116 cm³/mol. The molecule has 168 valence electrons. The van der Waals surface area contributed by atoms with E-state index in [0.717, 1.165) is 31.2 Å². The maximum Gasteiger partial charge on any atom is 0.315 e. The van der Waals surface area contributed by atoms with Crippen LogP contribution in [0.5, 0.6) is 0 Å². The van der Waals surface area contributed by atoms with Crippen LogP contribution in [0.15, 0.2) is 29.2 Å². The molecule has 0 aliphatic heterocycles. The number of hydrogen-bond donors (Lipinski definition) is 3. The van der Waals surface area contributed by atoms with Crippen molar-refractivity contribution in [3.63, 3.8) is 0 Å². The van der Waals surface area contributed by atoms with Crippen LogP contribution in [0.1, 0.15) is 57.9 Å². The van der Waals surface area contributed by atoms with Gasteiger partial charge in [0.2, 0.25) is 15.9 Å². The van der Waals surface area contributed by atoms with Gasteiger partial charge in [0, 0.05) is 38.6 Å². The van der Waals surface area contributed by atoms with Crippen molar-refractivity contribution in [1.29, 1.82) is 0 Å². The Hall–Kier alpha value is -2.13. The number of sulfonamides is 1. The number of benzene rings is 1. The van der Waals surface area contributed by atoms with Crippen LogP contribution < -0.4 is 16.0 Å². The molecule has 0 unspecified atom stereocenters. The minimum Gasteiger partial charge on any atom is -0.352 e. The van der Waals surface area contributed by atoms with Gasteiger partial charge in [-0.1, -0.05) is 45.2 Å². The summed E-state index contributed by atoms with van der Waals surface area (Å²) in [5.41, 5.74) is 0.810. The summed E-state index contributed by atoms with van der Waals surface area (Å²) in [6.45, 7) is 5.02. The number of hydrogen-bond acceptors (Lipinski definition) is 4. The molecule has 30 heavy (non-hydrogen) atoms. The fourth-order valence-corrected chi connectivity index (χ4v) is 5.01. The van der Waals surface area contributed by atoms with Crippen LogP contribution in [0.4, 0.5) is 4.79 Å². The molecule has 3 N–H and O–H groups in total. The van der Waals surface area contributed by atoms with Crippen molar-refractivity contribution in [1.82, 2.24) is 20.3 Å².